The lowest BCUT2D eigenvalue weighted by atomic mass is 9.98. The number of esters is 1. The number of allylic oxidation sites excluding steroid dienone is 1. The van der Waals surface area contributed by atoms with Crippen LogP contribution in [0.5, 0.6) is 0 Å². The largest absolute Gasteiger partial charge is 0.512 e. The Bertz CT molecular complexity index is 250. The van der Waals surface area contributed by atoms with E-state index in [4.69, 9.17) is 4.74 Å². The second-order valence-electron chi connectivity index (χ2n) is 4.09. The van der Waals surface area contributed by atoms with E-state index in [1.54, 1.807) is 6.92 Å². The van der Waals surface area contributed by atoms with Crippen LogP contribution in [0.2, 0.25) is 0 Å². The molecule has 1 aliphatic rings. The van der Waals surface area contributed by atoms with Gasteiger partial charge in [-0.05, 0) is 32.6 Å². The fraction of sp³-hybridized carbons (Fsp3) is 0.750. The van der Waals surface area contributed by atoms with Crippen molar-refractivity contribution < 1.29 is 14.6 Å². The SMILES string of the molecule is CCC(O)=C(C)C(=O)OC1CCCCC1. The number of ether oxygens (including phenoxy) is 1. The molecule has 0 spiro atoms. The Morgan fingerprint density at radius 2 is 1.93 bits per heavy atom. The van der Waals surface area contributed by atoms with Gasteiger partial charge in [0.05, 0.1) is 5.57 Å². The molecule has 0 atom stereocenters. The summed E-state index contributed by atoms with van der Waals surface area (Å²) in [6.07, 6.45) is 5.99. The first kappa shape index (κ1) is 12.1. The third-order valence-electron chi connectivity index (χ3n) is 2.90. The molecular weight excluding hydrogens is 192 g/mol. The van der Waals surface area contributed by atoms with Crippen molar-refractivity contribution in [2.75, 3.05) is 0 Å². The number of hydrogen-bond donors (Lipinski definition) is 1. The fourth-order valence-corrected chi connectivity index (χ4v) is 1.81. The predicted octanol–water partition coefficient (Wildman–Crippen LogP) is 3.10. The molecule has 15 heavy (non-hydrogen) atoms. The highest BCUT2D eigenvalue weighted by Gasteiger charge is 2.19. The zero-order valence-corrected chi connectivity index (χ0v) is 9.58. The maximum atomic E-state index is 11.6. The zero-order valence-electron chi connectivity index (χ0n) is 9.58. The molecule has 0 amide bonds. The molecular formula is C12H20O3. The van der Waals surface area contributed by atoms with E-state index in [1.807, 2.05) is 6.92 Å². The monoisotopic (exact) mass is 212 g/mol. The van der Waals surface area contributed by atoms with Gasteiger partial charge in [-0.15, -0.1) is 0 Å². The summed E-state index contributed by atoms with van der Waals surface area (Å²) in [6.45, 7) is 3.43. The van der Waals surface area contributed by atoms with Crippen LogP contribution in [0.3, 0.4) is 0 Å². The lowest BCUT2D eigenvalue weighted by Crippen LogP contribution is -2.21. The summed E-state index contributed by atoms with van der Waals surface area (Å²) in [4.78, 5) is 11.6. The highest BCUT2D eigenvalue weighted by Crippen LogP contribution is 2.21. The first-order valence-electron chi connectivity index (χ1n) is 5.74. The average Bonchev–Trinajstić information content (AvgIpc) is 2.28. The Kier molecular flexibility index (Phi) is 4.66. The van der Waals surface area contributed by atoms with E-state index in [9.17, 15) is 9.90 Å². The first-order valence-corrected chi connectivity index (χ1v) is 5.74. The molecule has 86 valence electrons. The van der Waals surface area contributed by atoms with Crippen molar-refractivity contribution in [2.45, 2.75) is 58.5 Å². The van der Waals surface area contributed by atoms with Gasteiger partial charge in [0.15, 0.2) is 0 Å². The Morgan fingerprint density at radius 3 is 2.47 bits per heavy atom. The van der Waals surface area contributed by atoms with Gasteiger partial charge < -0.3 is 9.84 Å². The number of aliphatic hydroxyl groups excluding tert-OH is 1. The third-order valence-corrected chi connectivity index (χ3v) is 2.90. The Balaban J connectivity index is 2.47. The molecule has 0 aliphatic heterocycles. The molecule has 0 heterocycles. The molecule has 0 saturated heterocycles. The Morgan fingerprint density at radius 1 is 1.33 bits per heavy atom. The first-order chi connectivity index (χ1) is 7.15. The molecule has 0 bridgehead atoms. The lowest BCUT2D eigenvalue weighted by Gasteiger charge is -2.22. The Labute approximate surface area is 91.1 Å². The fourth-order valence-electron chi connectivity index (χ4n) is 1.81. The molecule has 0 aromatic carbocycles. The highest BCUT2D eigenvalue weighted by molar-refractivity contribution is 5.88. The van der Waals surface area contributed by atoms with Crippen LogP contribution in [0.1, 0.15) is 52.4 Å². The minimum Gasteiger partial charge on any atom is -0.512 e. The van der Waals surface area contributed by atoms with E-state index in [2.05, 4.69) is 0 Å². The average molecular weight is 212 g/mol. The summed E-state index contributed by atoms with van der Waals surface area (Å²) in [5.41, 5.74) is 0.350. The molecule has 1 rings (SSSR count). The third kappa shape index (κ3) is 3.57. The normalized spacial score (nSPS) is 19.6. The van der Waals surface area contributed by atoms with Gasteiger partial charge >= 0.3 is 5.97 Å². The van der Waals surface area contributed by atoms with Crippen molar-refractivity contribution in [3.8, 4) is 0 Å². The van der Waals surface area contributed by atoms with Crippen molar-refractivity contribution in [2.24, 2.45) is 0 Å². The van der Waals surface area contributed by atoms with Gasteiger partial charge in [-0.3, -0.25) is 0 Å². The molecule has 1 fully saturated rings. The van der Waals surface area contributed by atoms with Gasteiger partial charge in [-0.2, -0.15) is 0 Å². The number of rotatable bonds is 3. The molecule has 3 nitrogen and oxygen atoms in total. The summed E-state index contributed by atoms with van der Waals surface area (Å²) >= 11 is 0. The minimum absolute atomic E-state index is 0.0610. The highest BCUT2D eigenvalue weighted by atomic mass is 16.5. The molecule has 1 aliphatic carbocycles. The number of carbonyl (C=O) groups is 1. The van der Waals surface area contributed by atoms with Crippen LogP contribution in [0.4, 0.5) is 0 Å². The maximum Gasteiger partial charge on any atom is 0.337 e. The van der Waals surface area contributed by atoms with E-state index >= 15 is 0 Å². The predicted molar refractivity (Wildman–Crippen MR) is 58.6 cm³/mol. The van der Waals surface area contributed by atoms with Gasteiger partial charge in [0.1, 0.15) is 11.9 Å². The molecule has 0 aromatic rings. The van der Waals surface area contributed by atoms with Gasteiger partial charge in [0, 0.05) is 6.42 Å². The topological polar surface area (TPSA) is 46.5 Å². The quantitative estimate of drug-likeness (QED) is 0.444. The molecule has 0 radical (unpaired) electrons. The number of carbonyl (C=O) groups excluding carboxylic acids is 1. The molecule has 0 unspecified atom stereocenters. The summed E-state index contributed by atoms with van der Waals surface area (Å²) < 4.78 is 5.32. The van der Waals surface area contributed by atoms with E-state index in [0.717, 1.165) is 25.7 Å². The van der Waals surface area contributed by atoms with E-state index in [0.29, 0.717) is 12.0 Å². The van der Waals surface area contributed by atoms with Crippen LogP contribution >= 0.6 is 0 Å². The number of hydrogen-bond acceptors (Lipinski definition) is 3. The van der Waals surface area contributed by atoms with Gasteiger partial charge in [-0.1, -0.05) is 13.3 Å². The van der Waals surface area contributed by atoms with Crippen molar-refractivity contribution in [1.29, 1.82) is 0 Å². The maximum absolute atomic E-state index is 11.6. The minimum atomic E-state index is -0.360. The van der Waals surface area contributed by atoms with Crippen LogP contribution < -0.4 is 0 Å². The van der Waals surface area contributed by atoms with Crippen LogP contribution in [0.25, 0.3) is 0 Å². The van der Waals surface area contributed by atoms with Gasteiger partial charge in [-0.25, -0.2) is 4.79 Å². The lowest BCUT2D eigenvalue weighted by molar-refractivity contribution is -0.145. The van der Waals surface area contributed by atoms with Crippen LogP contribution in [0, 0.1) is 0 Å². The standard InChI is InChI=1S/C12H20O3/c1-3-11(13)9(2)12(14)15-10-7-5-4-6-8-10/h10,13H,3-8H2,1-2H3. The van der Waals surface area contributed by atoms with Crippen LogP contribution in [-0.2, 0) is 9.53 Å². The Hall–Kier alpha value is -0.990. The van der Waals surface area contributed by atoms with Gasteiger partial charge in [0.2, 0.25) is 0 Å². The van der Waals surface area contributed by atoms with E-state index in [-0.39, 0.29) is 17.8 Å². The van der Waals surface area contributed by atoms with Crippen molar-refractivity contribution in [3.63, 3.8) is 0 Å². The zero-order chi connectivity index (χ0) is 11.3. The molecule has 1 saturated carbocycles. The number of aliphatic hydroxyl groups is 1. The van der Waals surface area contributed by atoms with Crippen molar-refractivity contribution in [1.82, 2.24) is 0 Å². The summed E-state index contributed by atoms with van der Waals surface area (Å²) in [7, 11) is 0. The van der Waals surface area contributed by atoms with Gasteiger partial charge in [0.25, 0.3) is 0 Å². The van der Waals surface area contributed by atoms with E-state index in [1.165, 1.54) is 6.42 Å². The van der Waals surface area contributed by atoms with Crippen molar-refractivity contribution in [3.05, 3.63) is 11.3 Å². The summed E-state index contributed by atoms with van der Waals surface area (Å²) in [6, 6.07) is 0. The molecule has 0 aromatic heterocycles. The van der Waals surface area contributed by atoms with Crippen LogP contribution in [0.15, 0.2) is 11.3 Å². The van der Waals surface area contributed by atoms with Crippen molar-refractivity contribution >= 4 is 5.97 Å². The summed E-state index contributed by atoms with van der Waals surface area (Å²) in [5.74, 6) is -0.225. The molecule has 1 N–H and O–H groups in total. The molecule has 3 heteroatoms. The van der Waals surface area contributed by atoms with E-state index < -0.39 is 0 Å². The smallest absolute Gasteiger partial charge is 0.337 e. The van der Waals surface area contributed by atoms with Crippen LogP contribution in [-0.4, -0.2) is 17.2 Å². The second-order valence-corrected chi connectivity index (χ2v) is 4.09. The summed E-state index contributed by atoms with van der Waals surface area (Å²) in [5, 5.41) is 9.41. The second kappa shape index (κ2) is 5.79.